The molecule has 0 bridgehead atoms. The highest BCUT2D eigenvalue weighted by Gasteiger charge is 2.27. The van der Waals surface area contributed by atoms with Gasteiger partial charge in [-0.3, -0.25) is 4.79 Å². The summed E-state index contributed by atoms with van der Waals surface area (Å²) in [5.74, 6) is -0.0304. The van der Waals surface area contributed by atoms with Crippen LogP contribution in [0.2, 0.25) is 0 Å². The van der Waals surface area contributed by atoms with Crippen molar-refractivity contribution in [1.29, 1.82) is 0 Å². The van der Waals surface area contributed by atoms with Crippen LogP contribution in [-0.4, -0.2) is 23.6 Å². The third-order valence-electron chi connectivity index (χ3n) is 4.75. The van der Waals surface area contributed by atoms with Gasteiger partial charge >= 0.3 is 5.97 Å². The van der Waals surface area contributed by atoms with E-state index in [0.717, 1.165) is 48.1 Å². The van der Waals surface area contributed by atoms with Crippen LogP contribution in [0.3, 0.4) is 0 Å². The Morgan fingerprint density at radius 3 is 2.79 bits per heavy atom. The third kappa shape index (κ3) is 3.45. The molecule has 0 spiro atoms. The summed E-state index contributed by atoms with van der Waals surface area (Å²) >= 11 is 1.30. The van der Waals surface area contributed by atoms with Gasteiger partial charge < -0.3 is 14.6 Å². The van der Waals surface area contributed by atoms with Gasteiger partial charge in [0.2, 0.25) is 0 Å². The van der Waals surface area contributed by atoms with E-state index in [1.54, 1.807) is 6.92 Å². The summed E-state index contributed by atoms with van der Waals surface area (Å²) in [7, 11) is 0. The van der Waals surface area contributed by atoms with E-state index in [4.69, 9.17) is 9.26 Å². The van der Waals surface area contributed by atoms with Crippen molar-refractivity contribution in [2.24, 2.45) is 0 Å². The van der Waals surface area contributed by atoms with Crippen molar-refractivity contribution >= 4 is 28.2 Å². The first-order chi connectivity index (χ1) is 13.7. The maximum absolute atomic E-state index is 12.8. The van der Waals surface area contributed by atoms with Crippen molar-refractivity contribution in [2.45, 2.75) is 32.6 Å². The molecule has 0 radical (unpaired) electrons. The van der Waals surface area contributed by atoms with Crippen molar-refractivity contribution in [1.82, 2.24) is 5.16 Å². The summed E-state index contributed by atoms with van der Waals surface area (Å²) in [5, 5.41) is 9.13. The lowest BCUT2D eigenvalue weighted by molar-refractivity contribution is 0.0529. The molecule has 0 aliphatic heterocycles. The van der Waals surface area contributed by atoms with E-state index in [1.807, 2.05) is 35.7 Å². The van der Waals surface area contributed by atoms with E-state index in [1.165, 1.54) is 11.3 Å². The highest BCUT2D eigenvalue weighted by molar-refractivity contribution is 7.15. The molecule has 0 fully saturated rings. The normalized spacial score (nSPS) is 13.0. The number of nitrogens with zero attached hydrogens (tertiary/aromatic N) is 1. The molecule has 0 unspecified atom stereocenters. The van der Waals surface area contributed by atoms with Gasteiger partial charge in [0, 0.05) is 22.9 Å². The van der Waals surface area contributed by atoms with Gasteiger partial charge in [-0.2, -0.15) is 0 Å². The fourth-order valence-electron chi connectivity index (χ4n) is 3.41. The number of thiophene rings is 1. The summed E-state index contributed by atoms with van der Waals surface area (Å²) in [6.07, 6.45) is 3.65. The molecule has 4 rings (SSSR count). The van der Waals surface area contributed by atoms with Crippen LogP contribution in [0.25, 0.3) is 11.1 Å². The van der Waals surface area contributed by atoms with E-state index in [0.29, 0.717) is 16.3 Å². The lowest BCUT2D eigenvalue weighted by atomic mass is 9.96. The molecular weight excluding hydrogens is 376 g/mol. The van der Waals surface area contributed by atoms with Crippen molar-refractivity contribution in [3.05, 3.63) is 58.3 Å². The van der Waals surface area contributed by atoms with Gasteiger partial charge in [0.05, 0.1) is 6.61 Å². The van der Waals surface area contributed by atoms with E-state index < -0.39 is 5.97 Å². The molecule has 144 valence electrons. The zero-order chi connectivity index (χ0) is 19.5. The predicted molar refractivity (Wildman–Crippen MR) is 107 cm³/mol. The lowest BCUT2D eigenvalue weighted by Crippen LogP contribution is -2.17. The molecule has 0 saturated carbocycles. The Morgan fingerprint density at radius 1 is 1.21 bits per heavy atom. The Kier molecular flexibility index (Phi) is 5.25. The summed E-state index contributed by atoms with van der Waals surface area (Å²) in [4.78, 5) is 25.5. The van der Waals surface area contributed by atoms with Gasteiger partial charge in [0.15, 0.2) is 5.69 Å². The predicted octanol–water partition coefficient (Wildman–Crippen LogP) is 4.71. The SMILES string of the molecule is CCOC(=O)c1c(-c2ccccc2)csc1NC(=O)c1noc2c1CCCC2. The molecule has 1 aliphatic carbocycles. The van der Waals surface area contributed by atoms with E-state index >= 15 is 0 Å². The molecule has 0 atom stereocenters. The van der Waals surface area contributed by atoms with Crippen LogP contribution >= 0.6 is 11.3 Å². The van der Waals surface area contributed by atoms with E-state index in [9.17, 15) is 9.59 Å². The molecule has 28 heavy (non-hydrogen) atoms. The number of hydrogen-bond donors (Lipinski definition) is 1. The molecule has 2 heterocycles. The monoisotopic (exact) mass is 396 g/mol. The van der Waals surface area contributed by atoms with Crippen LogP contribution < -0.4 is 5.32 Å². The van der Waals surface area contributed by atoms with Crippen LogP contribution in [0.15, 0.2) is 40.2 Å². The number of esters is 1. The maximum Gasteiger partial charge on any atom is 0.341 e. The Labute approximate surface area is 166 Å². The number of amides is 1. The first-order valence-electron chi connectivity index (χ1n) is 9.31. The highest BCUT2D eigenvalue weighted by Crippen LogP contribution is 2.36. The highest BCUT2D eigenvalue weighted by atomic mass is 32.1. The van der Waals surface area contributed by atoms with Crippen molar-refractivity contribution in [3.8, 4) is 11.1 Å². The first kappa shape index (κ1) is 18.4. The van der Waals surface area contributed by atoms with Crippen LogP contribution in [0.5, 0.6) is 0 Å². The zero-order valence-electron chi connectivity index (χ0n) is 15.5. The van der Waals surface area contributed by atoms with Crippen LogP contribution in [0, 0.1) is 0 Å². The summed E-state index contributed by atoms with van der Waals surface area (Å²) in [6, 6.07) is 9.56. The average Bonchev–Trinajstić information content (AvgIpc) is 3.33. The quantitative estimate of drug-likeness (QED) is 0.632. The number of carbonyl (C=O) groups is 2. The third-order valence-corrected chi connectivity index (χ3v) is 5.64. The number of benzene rings is 1. The number of ether oxygens (including phenoxy) is 1. The molecule has 2 aromatic heterocycles. The fraction of sp³-hybridized carbons (Fsp3) is 0.286. The number of nitrogens with one attached hydrogen (secondary N) is 1. The number of aromatic nitrogens is 1. The number of carbonyl (C=O) groups excluding carboxylic acids is 2. The summed E-state index contributed by atoms with van der Waals surface area (Å²) in [5.41, 5.74) is 3.17. The number of rotatable bonds is 5. The van der Waals surface area contributed by atoms with E-state index in [-0.39, 0.29) is 12.5 Å². The molecule has 1 N–H and O–H groups in total. The molecule has 1 amide bonds. The largest absolute Gasteiger partial charge is 0.462 e. The van der Waals surface area contributed by atoms with Crippen molar-refractivity contribution in [2.75, 3.05) is 11.9 Å². The van der Waals surface area contributed by atoms with Gasteiger partial charge in [-0.15, -0.1) is 11.3 Å². The van der Waals surface area contributed by atoms with Crippen molar-refractivity contribution in [3.63, 3.8) is 0 Å². The molecule has 1 aliphatic rings. The minimum absolute atomic E-state index is 0.257. The van der Waals surface area contributed by atoms with Gasteiger partial charge in [-0.25, -0.2) is 4.79 Å². The number of hydrogen-bond acceptors (Lipinski definition) is 6. The van der Waals surface area contributed by atoms with Gasteiger partial charge in [-0.05, 0) is 31.7 Å². The summed E-state index contributed by atoms with van der Waals surface area (Å²) in [6.45, 7) is 2.01. The minimum atomic E-state index is -0.458. The Hall–Kier alpha value is -2.93. The van der Waals surface area contributed by atoms with Crippen LogP contribution in [0.1, 0.15) is 51.9 Å². The number of aryl methyl sites for hydroxylation is 1. The Morgan fingerprint density at radius 2 is 2.00 bits per heavy atom. The standard InChI is InChI=1S/C21H20N2O4S/c1-2-26-21(25)17-15(13-8-4-3-5-9-13)12-28-20(17)22-19(24)18-14-10-6-7-11-16(14)27-23-18/h3-5,8-9,12H,2,6-7,10-11H2,1H3,(H,22,24). The molecule has 0 saturated heterocycles. The number of anilines is 1. The maximum atomic E-state index is 12.8. The van der Waals surface area contributed by atoms with E-state index in [2.05, 4.69) is 10.5 Å². The first-order valence-corrected chi connectivity index (χ1v) is 10.2. The minimum Gasteiger partial charge on any atom is -0.462 e. The Balaban J connectivity index is 1.68. The second kappa shape index (κ2) is 7.98. The average molecular weight is 396 g/mol. The van der Waals surface area contributed by atoms with Gasteiger partial charge in [0.25, 0.3) is 5.91 Å². The van der Waals surface area contributed by atoms with Gasteiger partial charge in [-0.1, -0.05) is 35.5 Å². The van der Waals surface area contributed by atoms with Crippen LogP contribution in [0.4, 0.5) is 5.00 Å². The Bertz CT molecular complexity index is 1010. The molecule has 1 aromatic carbocycles. The fourth-order valence-corrected chi connectivity index (χ4v) is 4.36. The molecule has 6 nitrogen and oxygen atoms in total. The van der Waals surface area contributed by atoms with Gasteiger partial charge in [0.1, 0.15) is 16.3 Å². The lowest BCUT2D eigenvalue weighted by Gasteiger charge is -2.10. The second-order valence-electron chi connectivity index (χ2n) is 6.53. The molecular formula is C21H20N2O4S. The summed E-state index contributed by atoms with van der Waals surface area (Å²) < 4.78 is 10.6. The topological polar surface area (TPSA) is 81.4 Å². The molecule has 7 heteroatoms. The van der Waals surface area contributed by atoms with Crippen LogP contribution in [-0.2, 0) is 17.6 Å². The smallest absolute Gasteiger partial charge is 0.341 e. The molecule has 3 aromatic rings. The zero-order valence-corrected chi connectivity index (χ0v) is 16.3. The van der Waals surface area contributed by atoms with Crippen molar-refractivity contribution < 1.29 is 18.8 Å². The second-order valence-corrected chi connectivity index (χ2v) is 7.41. The number of fused-ring (bicyclic) bond motifs is 1.